The normalized spacial score (nSPS) is 10.9. The van der Waals surface area contributed by atoms with Crippen LogP contribution < -0.4 is 19.5 Å². The van der Waals surface area contributed by atoms with Gasteiger partial charge in [-0.3, -0.25) is 9.52 Å². The van der Waals surface area contributed by atoms with E-state index in [2.05, 4.69) is 10.0 Å². The minimum absolute atomic E-state index is 0.0203. The fraction of sp³-hybridized carbons (Fsp3) is 0.0952. The summed E-state index contributed by atoms with van der Waals surface area (Å²) >= 11 is 6.06. The second-order valence-corrected chi connectivity index (χ2v) is 8.35. The van der Waals surface area contributed by atoms with Gasteiger partial charge in [-0.1, -0.05) is 11.6 Å². The molecule has 0 saturated heterocycles. The van der Waals surface area contributed by atoms with Gasteiger partial charge in [0.1, 0.15) is 11.5 Å². The highest BCUT2D eigenvalue weighted by Gasteiger charge is 2.18. The minimum Gasteiger partial charge on any atom is -0.497 e. The number of anilines is 2. The number of amides is 1. The first-order valence-electron chi connectivity index (χ1n) is 8.79. The lowest BCUT2D eigenvalue weighted by Crippen LogP contribution is -2.14. The fourth-order valence-corrected chi connectivity index (χ4v) is 3.80. The van der Waals surface area contributed by atoms with E-state index in [9.17, 15) is 13.2 Å². The van der Waals surface area contributed by atoms with E-state index in [0.29, 0.717) is 22.2 Å². The van der Waals surface area contributed by atoms with Crippen LogP contribution >= 0.6 is 11.6 Å². The van der Waals surface area contributed by atoms with Crippen LogP contribution in [0.2, 0.25) is 5.02 Å². The Kier molecular flexibility index (Phi) is 6.49. The monoisotopic (exact) mass is 446 g/mol. The molecule has 30 heavy (non-hydrogen) atoms. The third-order valence-electron chi connectivity index (χ3n) is 3.96. The Morgan fingerprint density at radius 3 is 2.17 bits per heavy atom. The van der Waals surface area contributed by atoms with E-state index in [4.69, 9.17) is 21.1 Å². The molecule has 156 valence electrons. The first-order chi connectivity index (χ1) is 14.3. The highest BCUT2D eigenvalue weighted by molar-refractivity contribution is 7.92. The predicted molar refractivity (Wildman–Crippen MR) is 116 cm³/mol. The van der Waals surface area contributed by atoms with Gasteiger partial charge in [0, 0.05) is 17.6 Å². The summed E-state index contributed by atoms with van der Waals surface area (Å²) in [5.41, 5.74) is 0.678. The second kappa shape index (κ2) is 9.06. The standard InChI is InChI=1S/C21H19ClN2O5S/c1-14(25)23-16-4-10-19(11-5-16)30(26,27)24-20-13-15(22)3-12-21(20)29-18-8-6-17(28-2)7-9-18/h3-13,24H,1-2H3,(H,23,25). The quantitative estimate of drug-likeness (QED) is 0.538. The molecule has 0 fully saturated rings. The highest BCUT2D eigenvalue weighted by Crippen LogP contribution is 2.34. The van der Waals surface area contributed by atoms with Crippen LogP contribution in [0.3, 0.4) is 0 Å². The zero-order valence-corrected chi connectivity index (χ0v) is 17.8. The van der Waals surface area contributed by atoms with Crippen LogP contribution in [0.1, 0.15) is 6.92 Å². The van der Waals surface area contributed by atoms with Gasteiger partial charge < -0.3 is 14.8 Å². The largest absolute Gasteiger partial charge is 0.497 e. The maximum atomic E-state index is 12.8. The zero-order chi connectivity index (χ0) is 21.7. The van der Waals surface area contributed by atoms with Crippen LogP contribution in [0.5, 0.6) is 17.2 Å². The molecule has 0 aromatic heterocycles. The van der Waals surface area contributed by atoms with Crippen LogP contribution in [0, 0.1) is 0 Å². The van der Waals surface area contributed by atoms with Crippen LogP contribution in [-0.2, 0) is 14.8 Å². The smallest absolute Gasteiger partial charge is 0.262 e. The lowest BCUT2D eigenvalue weighted by atomic mass is 10.3. The number of nitrogens with one attached hydrogen (secondary N) is 2. The van der Waals surface area contributed by atoms with Crippen molar-refractivity contribution >= 4 is 38.9 Å². The Labute approximate surface area is 179 Å². The summed E-state index contributed by atoms with van der Waals surface area (Å²) in [7, 11) is -2.36. The number of hydrogen-bond acceptors (Lipinski definition) is 5. The van der Waals surface area contributed by atoms with Gasteiger partial charge in [0.05, 0.1) is 17.7 Å². The number of rotatable bonds is 7. The number of benzene rings is 3. The molecule has 0 saturated carbocycles. The molecule has 0 atom stereocenters. The molecule has 0 radical (unpaired) electrons. The van der Waals surface area contributed by atoms with E-state index in [0.717, 1.165) is 0 Å². The predicted octanol–water partition coefficient (Wildman–Crippen LogP) is 4.90. The maximum absolute atomic E-state index is 12.8. The zero-order valence-electron chi connectivity index (χ0n) is 16.2. The van der Waals surface area contributed by atoms with Gasteiger partial charge in [-0.15, -0.1) is 0 Å². The van der Waals surface area contributed by atoms with Crippen molar-refractivity contribution in [3.05, 3.63) is 71.8 Å². The first kappa shape index (κ1) is 21.5. The first-order valence-corrected chi connectivity index (χ1v) is 10.6. The summed E-state index contributed by atoms with van der Waals surface area (Å²) < 4.78 is 39.1. The number of carbonyl (C=O) groups excluding carboxylic acids is 1. The average molecular weight is 447 g/mol. The van der Waals surface area contributed by atoms with Crippen LogP contribution in [0.4, 0.5) is 11.4 Å². The Morgan fingerprint density at radius 2 is 1.57 bits per heavy atom. The van der Waals surface area contributed by atoms with Gasteiger partial charge >= 0.3 is 0 Å². The number of halogens is 1. The number of sulfonamides is 1. The lowest BCUT2D eigenvalue weighted by Gasteiger charge is -2.14. The molecule has 0 unspecified atom stereocenters. The molecule has 1 amide bonds. The highest BCUT2D eigenvalue weighted by atomic mass is 35.5. The Balaban J connectivity index is 1.85. The second-order valence-electron chi connectivity index (χ2n) is 6.23. The van der Waals surface area contributed by atoms with E-state index >= 15 is 0 Å². The Morgan fingerprint density at radius 1 is 0.933 bits per heavy atom. The minimum atomic E-state index is -3.92. The molecule has 0 heterocycles. The van der Waals surface area contributed by atoms with Crippen LogP contribution in [-0.4, -0.2) is 21.4 Å². The molecular weight excluding hydrogens is 428 g/mol. The molecule has 3 aromatic carbocycles. The van der Waals surface area contributed by atoms with Gasteiger partial charge in [0.15, 0.2) is 5.75 Å². The third kappa shape index (κ3) is 5.43. The van der Waals surface area contributed by atoms with Crippen molar-refractivity contribution in [2.75, 3.05) is 17.1 Å². The summed E-state index contributed by atoms with van der Waals surface area (Å²) in [6.07, 6.45) is 0. The van der Waals surface area contributed by atoms with Crippen molar-refractivity contribution in [3.63, 3.8) is 0 Å². The van der Waals surface area contributed by atoms with Gasteiger partial charge in [-0.2, -0.15) is 0 Å². The fourth-order valence-electron chi connectivity index (χ4n) is 2.57. The van der Waals surface area contributed by atoms with E-state index in [1.165, 1.54) is 37.3 Å². The maximum Gasteiger partial charge on any atom is 0.262 e. The van der Waals surface area contributed by atoms with E-state index in [1.807, 2.05) is 0 Å². The number of hydrogen-bond donors (Lipinski definition) is 2. The molecule has 3 rings (SSSR count). The van der Waals surface area contributed by atoms with Crippen molar-refractivity contribution in [1.29, 1.82) is 0 Å². The molecule has 0 bridgehead atoms. The lowest BCUT2D eigenvalue weighted by molar-refractivity contribution is -0.114. The van der Waals surface area contributed by atoms with E-state index in [1.54, 1.807) is 43.5 Å². The molecule has 3 aromatic rings. The summed E-state index contributed by atoms with van der Waals surface area (Å²) in [5, 5.41) is 2.93. The van der Waals surface area contributed by atoms with Gasteiger partial charge in [-0.25, -0.2) is 8.42 Å². The number of methoxy groups -OCH3 is 1. The van der Waals surface area contributed by atoms with Crippen LogP contribution in [0.25, 0.3) is 0 Å². The van der Waals surface area contributed by atoms with E-state index < -0.39 is 10.0 Å². The van der Waals surface area contributed by atoms with Gasteiger partial charge in [0.2, 0.25) is 5.91 Å². The molecule has 0 aliphatic rings. The third-order valence-corrected chi connectivity index (χ3v) is 5.57. The number of ether oxygens (including phenoxy) is 2. The van der Waals surface area contributed by atoms with Gasteiger partial charge in [0.25, 0.3) is 10.0 Å². The molecule has 0 spiro atoms. The van der Waals surface area contributed by atoms with E-state index in [-0.39, 0.29) is 22.2 Å². The molecular formula is C21H19ClN2O5S. The van der Waals surface area contributed by atoms with Crippen LogP contribution in [0.15, 0.2) is 71.6 Å². The van der Waals surface area contributed by atoms with Crippen molar-refractivity contribution in [2.45, 2.75) is 11.8 Å². The topological polar surface area (TPSA) is 93.7 Å². The van der Waals surface area contributed by atoms with Crippen molar-refractivity contribution in [3.8, 4) is 17.2 Å². The summed E-state index contributed by atoms with van der Waals surface area (Å²) in [6.45, 7) is 1.37. The molecule has 0 aliphatic heterocycles. The SMILES string of the molecule is COc1ccc(Oc2ccc(Cl)cc2NS(=O)(=O)c2ccc(NC(C)=O)cc2)cc1. The summed E-state index contributed by atoms with van der Waals surface area (Å²) in [4.78, 5) is 11.1. The molecule has 7 nitrogen and oxygen atoms in total. The van der Waals surface area contributed by atoms with Crippen molar-refractivity contribution in [1.82, 2.24) is 0 Å². The Hall–Kier alpha value is -3.23. The van der Waals surface area contributed by atoms with Crippen molar-refractivity contribution in [2.24, 2.45) is 0 Å². The average Bonchev–Trinajstić information content (AvgIpc) is 2.70. The summed E-state index contributed by atoms with van der Waals surface area (Å²) in [6, 6.07) is 17.3. The number of carbonyl (C=O) groups is 1. The van der Waals surface area contributed by atoms with Gasteiger partial charge in [-0.05, 0) is 66.7 Å². The Bertz CT molecular complexity index is 1150. The molecule has 9 heteroatoms. The molecule has 2 N–H and O–H groups in total. The summed E-state index contributed by atoms with van der Waals surface area (Å²) in [5.74, 6) is 1.20. The molecule has 0 aliphatic carbocycles. The van der Waals surface area contributed by atoms with Crippen molar-refractivity contribution < 1.29 is 22.7 Å².